The Balaban J connectivity index is 2.34. The number of para-hydroxylation sites is 1. The Kier molecular flexibility index (Phi) is 2.22. The molecule has 0 saturated heterocycles. The number of nitrogen functional groups attached to an aromatic ring is 1. The molecule has 0 aliphatic rings. The summed E-state index contributed by atoms with van der Waals surface area (Å²) in [4.78, 5) is 8.31. The van der Waals surface area contributed by atoms with Gasteiger partial charge in [0.05, 0.1) is 11.6 Å². The number of nitrogens with zero attached hydrogens (tertiary/aromatic N) is 4. The number of hydrogen-bond acceptors (Lipinski definition) is 4. The molecule has 3 rings (SSSR count). The van der Waals surface area contributed by atoms with Crippen LogP contribution in [0.5, 0.6) is 0 Å². The first-order valence-corrected chi connectivity index (χ1v) is 5.39. The third-order valence-corrected chi connectivity index (χ3v) is 2.65. The molecular formula is C12H10FN5. The van der Waals surface area contributed by atoms with E-state index in [-0.39, 0.29) is 5.82 Å². The van der Waals surface area contributed by atoms with Crippen molar-refractivity contribution < 1.29 is 4.39 Å². The molecule has 0 amide bonds. The van der Waals surface area contributed by atoms with E-state index >= 15 is 0 Å². The molecule has 18 heavy (non-hydrogen) atoms. The maximum Gasteiger partial charge on any atom is 0.168 e. The van der Waals surface area contributed by atoms with E-state index in [1.54, 1.807) is 25.1 Å². The van der Waals surface area contributed by atoms with Gasteiger partial charge in [0.2, 0.25) is 0 Å². The predicted molar refractivity (Wildman–Crippen MR) is 65.8 cm³/mol. The van der Waals surface area contributed by atoms with E-state index in [1.807, 2.05) is 0 Å². The first kappa shape index (κ1) is 10.6. The predicted octanol–water partition coefficient (Wildman–Crippen LogP) is 1.85. The fourth-order valence-corrected chi connectivity index (χ4v) is 1.84. The van der Waals surface area contributed by atoms with Gasteiger partial charge in [-0.2, -0.15) is 5.10 Å². The van der Waals surface area contributed by atoms with Crippen molar-refractivity contribution in [3.63, 3.8) is 0 Å². The molecule has 2 N–H and O–H groups in total. The minimum Gasteiger partial charge on any atom is -0.383 e. The van der Waals surface area contributed by atoms with Crippen molar-refractivity contribution in [3.05, 3.63) is 42.1 Å². The lowest BCUT2D eigenvalue weighted by Gasteiger charge is -2.04. The lowest BCUT2D eigenvalue weighted by atomic mass is 10.3. The Labute approximate surface area is 102 Å². The fraction of sp³-hybridized carbons (Fsp3) is 0.0833. The molecule has 0 spiro atoms. The van der Waals surface area contributed by atoms with Crippen LogP contribution in [0.4, 0.5) is 10.2 Å². The number of aryl methyl sites for hydroxylation is 1. The van der Waals surface area contributed by atoms with Crippen molar-refractivity contribution in [3.8, 4) is 5.69 Å². The van der Waals surface area contributed by atoms with E-state index < -0.39 is 0 Å². The normalized spacial score (nSPS) is 11.0. The van der Waals surface area contributed by atoms with Gasteiger partial charge in [-0.3, -0.25) is 0 Å². The third-order valence-electron chi connectivity index (χ3n) is 2.65. The van der Waals surface area contributed by atoms with Crippen LogP contribution >= 0.6 is 0 Å². The molecule has 5 nitrogen and oxygen atoms in total. The third kappa shape index (κ3) is 1.50. The van der Waals surface area contributed by atoms with Crippen molar-refractivity contribution in [2.45, 2.75) is 6.92 Å². The first-order valence-electron chi connectivity index (χ1n) is 5.39. The molecule has 0 aliphatic carbocycles. The van der Waals surface area contributed by atoms with Gasteiger partial charge in [0, 0.05) is 0 Å². The molecule has 0 radical (unpaired) electrons. The maximum atomic E-state index is 13.7. The summed E-state index contributed by atoms with van der Waals surface area (Å²) in [6.45, 7) is 1.73. The summed E-state index contributed by atoms with van der Waals surface area (Å²) in [5, 5.41) is 4.74. The molecule has 0 fully saturated rings. The molecule has 0 saturated carbocycles. The largest absolute Gasteiger partial charge is 0.383 e. The zero-order valence-electron chi connectivity index (χ0n) is 9.63. The highest BCUT2D eigenvalue weighted by Gasteiger charge is 2.12. The zero-order chi connectivity index (χ0) is 12.7. The quantitative estimate of drug-likeness (QED) is 0.708. The molecule has 2 heterocycles. The highest BCUT2D eigenvalue weighted by molar-refractivity contribution is 5.86. The average molecular weight is 243 g/mol. The second kappa shape index (κ2) is 3.76. The zero-order valence-corrected chi connectivity index (χ0v) is 9.63. The summed E-state index contributed by atoms with van der Waals surface area (Å²) < 4.78 is 15.2. The van der Waals surface area contributed by atoms with Gasteiger partial charge in [-0.25, -0.2) is 19.0 Å². The average Bonchev–Trinajstić information content (AvgIpc) is 2.73. The molecule has 0 bridgehead atoms. The standard InChI is InChI=1S/C12H10FN5/c1-7-16-11(14)8-6-15-18(12(8)17-7)10-5-3-2-4-9(10)13/h2-6H,1H3,(H2,14,16,17). The van der Waals surface area contributed by atoms with Crippen LogP contribution in [0.3, 0.4) is 0 Å². The second-order valence-corrected chi connectivity index (χ2v) is 3.90. The first-order chi connectivity index (χ1) is 8.66. The Morgan fingerprint density at radius 2 is 2.00 bits per heavy atom. The molecule has 3 aromatic rings. The van der Waals surface area contributed by atoms with Crippen LogP contribution in [0, 0.1) is 12.7 Å². The molecule has 6 heteroatoms. The van der Waals surface area contributed by atoms with Gasteiger partial charge in [-0.15, -0.1) is 0 Å². The van der Waals surface area contributed by atoms with E-state index in [0.717, 1.165) is 0 Å². The number of aromatic nitrogens is 4. The van der Waals surface area contributed by atoms with Crippen LogP contribution in [0.25, 0.3) is 16.7 Å². The van der Waals surface area contributed by atoms with Gasteiger partial charge in [0.1, 0.15) is 23.1 Å². The van der Waals surface area contributed by atoms with Crippen LogP contribution < -0.4 is 5.73 Å². The molecular weight excluding hydrogens is 233 g/mol. The summed E-state index contributed by atoms with van der Waals surface area (Å²) in [5.41, 5.74) is 6.63. The second-order valence-electron chi connectivity index (χ2n) is 3.90. The molecule has 1 aromatic carbocycles. The lowest BCUT2D eigenvalue weighted by Crippen LogP contribution is -2.03. The lowest BCUT2D eigenvalue weighted by molar-refractivity contribution is 0.612. The summed E-state index contributed by atoms with van der Waals surface area (Å²) >= 11 is 0. The number of nitrogens with two attached hydrogens (primary N) is 1. The maximum absolute atomic E-state index is 13.7. The topological polar surface area (TPSA) is 69.6 Å². The minimum absolute atomic E-state index is 0.338. The smallest absolute Gasteiger partial charge is 0.168 e. The summed E-state index contributed by atoms with van der Waals surface area (Å²) in [6.07, 6.45) is 1.54. The molecule has 0 atom stereocenters. The van der Waals surface area contributed by atoms with Crippen LogP contribution in [0.2, 0.25) is 0 Å². The van der Waals surface area contributed by atoms with Crippen LogP contribution in [-0.2, 0) is 0 Å². The van der Waals surface area contributed by atoms with Gasteiger partial charge in [0.15, 0.2) is 5.65 Å². The van der Waals surface area contributed by atoms with Gasteiger partial charge >= 0.3 is 0 Å². The van der Waals surface area contributed by atoms with Gasteiger partial charge in [-0.1, -0.05) is 12.1 Å². The SMILES string of the molecule is Cc1nc(N)c2cnn(-c3ccccc3F)c2n1. The van der Waals surface area contributed by atoms with E-state index in [4.69, 9.17) is 5.73 Å². The Bertz CT molecular complexity index is 734. The van der Waals surface area contributed by atoms with E-state index in [2.05, 4.69) is 15.1 Å². The van der Waals surface area contributed by atoms with Crippen molar-refractivity contribution in [1.29, 1.82) is 0 Å². The number of anilines is 1. The molecule has 90 valence electrons. The van der Waals surface area contributed by atoms with Gasteiger partial charge in [-0.05, 0) is 19.1 Å². The van der Waals surface area contributed by atoms with Gasteiger partial charge in [0.25, 0.3) is 0 Å². The number of benzene rings is 1. The van der Waals surface area contributed by atoms with Crippen molar-refractivity contribution in [1.82, 2.24) is 19.7 Å². The van der Waals surface area contributed by atoms with E-state index in [1.165, 1.54) is 16.9 Å². The Morgan fingerprint density at radius 1 is 1.22 bits per heavy atom. The Morgan fingerprint density at radius 3 is 2.78 bits per heavy atom. The van der Waals surface area contributed by atoms with Crippen LogP contribution in [0.1, 0.15) is 5.82 Å². The van der Waals surface area contributed by atoms with Gasteiger partial charge < -0.3 is 5.73 Å². The Hall–Kier alpha value is -2.50. The number of halogens is 1. The molecule has 0 unspecified atom stereocenters. The fourth-order valence-electron chi connectivity index (χ4n) is 1.84. The summed E-state index contributed by atoms with van der Waals surface area (Å²) in [5.74, 6) is 0.510. The number of rotatable bonds is 1. The van der Waals surface area contributed by atoms with E-state index in [9.17, 15) is 4.39 Å². The monoisotopic (exact) mass is 243 g/mol. The van der Waals surface area contributed by atoms with Crippen molar-refractivity contribution in [2.75, 3.05) is 5.73 Å². The molecule has 0 aliphatic heterocycles. The highest BCUT2D eigenvalue weighted by Crippen LogP contribution is 2.21. The van der Waals surface area contributed by atoms with E-state index in [0.29, 0.717) is 28.4 Å². The molecule has 2 aromatic heterocycles. The number of hydrogen-bond donors (Lipinski definition) is 1. The van der Waals surface area contributed by atoms with Crippen LogP contribution in [0.15, 0.2) is 30.5 Å². The van der Waals surface area contributed by atoms with Crippen molar-refractivity contribution >= 4 is 16.9 Å². The van der Waals surface area contributed by atoms with Crippen molar-refractivity contribution in [2.24, 2.45) is 0 Å². The number of fused-ring (bicyclic) bond motifs is 1. The minimum atomic E-state index is -0.364. The highest BCUT2D eigenvalue weighted by atomic mass is 19.1. The van der Waals surface area contributed by atoms with Crippen LogP contribution in [-0.4, -0.2) is 19.7 Å². The summed E-state index contributed by atoms with van der Waals surface area (Å²) in [7, 11) is 0. The summed E-state index contributed by atoms with van der Waals surface area (Å²) in [6, 6.07) is 6.37.